The van der Waals surface area contributed by atoms with Crippen LogP contribution in [0.25, 0.3) is 6.08 Å². The number of nitrogens with zero attached hydrogens (tertiary/aromatic N) is 1. The van der Waals surface area contributed by atoms with E-state index in [2.05, 4.69) is 0 Å². The molecule has 0 unspecified atom stereocenters. The smallest absolute Gasteiger partial charge is 0.293 e. The molecule has 0 saturated carbocycles. The van der Waals surface area contributed by atoms with Crippen molar-refractivity contribution >= 4 is 52.2 Å². The van der Waals surface area contributed by atoms with Crippen LogP contribution >= 0.6 is 35.0 Å². The van der Waals surface area contributed by atoms with E-state index >= 15 is 0 Å². The quantitative estimate of drug-likeness (QED) is 0.232. The first kappa shape index (κ1) is 27.9. The molecule has 1 aliphatic heterocycles. The molecule has 0 bridgehead atoms. The first-order chi connectivity index (χ1) is 18.2. The van der Waals surface area contributed by atoms with Gasteiger partial charge >= 0.3 is 0 Å². The average Bonchev–Trinajstić information content (AvgIpc) is 3.15. The molecule has 3 aromatic carbocycles. The lowest BCUT2D eigenvalue weighted by Crippen LogP contribution is -2.32. The number of rotatable bonds is 10. The number of carbonyl (C=O) groups excluding carboxylic acids is 2. The maximum Gasteiger partial charge on any atom is 0.293 e. The molecule has 0 N–H and O–H groups in total. The highest BCUT2D eigenvalue weighted by atomic mass is 35.5. The van der Waals surface area contributed by atoms with Crippen LogP contribution in [0.5, 0.6) is 17.2 Å². The summed E-state index contributed by atoms with van der Waals surface area (Å²) in [7, 11) is 0. The molecule has 9 heteroatoms. The van der Waals surface area contributed by atoms with Crippen molar-refractivity contribution in [2.75, 3.05) is 19.8 Å². The Balaban J connectivity index is 1.42. The molecule has 198 valence electrons. The van der Waals surface area contributed by atoms with Crippen LogP contribution in [0.15, 0.2) is 59.5 Å². The Morgan fingerprint density at radius 2 is 1.68 bits per heavy atom. The molecule has 1 heterocycles. The third kappa shape index (κ3) is 6.84. The monoisotopic (exact) mass is 571 g/mol. The number of aryl methyl sites for hydroxylation is 2. The number of thioether (sulfide) groups is 1. The molecule has 1 aliphatic rings. The number of ether oxygens (including phenoxy) is 3. The van der Waals surface area contributed by atoms with Gasteiger partial charge in [-0.05, 0) is 91.2 Å². The van der Waals surface area contributed by atoms with Gasteiger partial charge in [0, 0.05) is 0 Å². The van der Waals surface area contributed by atoms with E-state index in [0.717, 1.165) is 34.2 Å². The fourth-order valence-corrected chi connectivity index (χ4v) is 4.93. The molecule has 4 rings (SSSR count). The van der Waals surface area contributed by atoms with Gasteiger partial charge in [0.15, 0.2) is 11.5 Å². The summed E-state index contributed by atoms with van der Waals surface area (Å²) < 4.78 is 17.6. The highest BCUT2D eigenvalue weighted by molar-refractivity contribution is 8.18. The van der Waals surface area contributed by atoms with Gasteiger partial charge in [-0.1, -0.05) is 47.5 Å². The minimum atomic E-state index is -0.345. The van der Waals surface area contributed by atoms with Crippen molar-refractivity contribution in [1.82, 2.24) is 4.90 Å². The standard InChI is InChI=1S/C29H27Cl2NO5S/c1-4-35-26-15-20(8-10-24(26)37-17-21-7-9-22(30)23(31)14-21)16-27-28(33)32(29(34)38-27)11-12-36-25-13-18(2)5-6-19(25)3/h5-10,13-16H,4,11-12,17H2,1-3H3/b27-16-. The topological polar surface area (TPSA) is 65.1 Å². The number of hydrogen-bond acceptors (Lipinski definition) is 6. The predicted octanol–water partition coefficient (Wildman–Crippen LogP) is 7.70. The fraction of sp³-hybridized carbons (Fsp3) is 0.241. The molecule has 3 aromatic rings. The van der Waals surface area contributed by atoms with Crippen LogP contribution in [0, 0.1) is 13.8 Å². The minimum absolute atomic E-state index is 0.168. The van der Waals surface area contributed by atoms with E-state index in [1.54, 1.807) is 30.3 Å². The van der Waals surface area contributed by atoms with Gasteiger partial charge in [-0.25, -0.2) is 0 Å². The number of hydrogen-bond donors (Lipinski definition) is 0. The number of carbonyl (C=O) groups is 2. The Morgan fingerprint density at radius 3 is 2.45 bits per heavy atom. The van der Waals surface area contributed by atoms with Crippen LogP contribution in [-0.2, 0) is 11.4 Å². The highest BCUT2D eigenvalue weighted by Gasteiger charge is 2.34. The van der Waals surface area contributed by atoms with Crippen LogP contribution in [0.3, 0.4) is 0 Å². The summed E-state index contributed by atoms with van der Waals surface area (Å²) in [6.45, 7) is 6.91. The summed E-state index contributed by atoms with van der Waals surface area (Å²) in [6.07, 6.45) is 1.68. The zero-order chi connectivity index (χ0) is 27.2. The van der Waals surface area contributed by atoms with E-state index in [-0.39, 0.29) is 30.9 Å². The Hall–Kier alpha value is -3.13. The second-order valence-corrected chi connectivity index (χ2v) is 10.4. The number of amides is 2. The van der Waals surface area contributed by atoms with Gasteiger partial charge in [-0.2, -0.15) is 0 Å². The van der Waals surface area contributed by atoms with Crippen LogP contribution in [0.1, 0.15) is 29.2 Å². The van der Waals surface area contributed by atoms with Gasteiger partial charge in [-0.3, -0.25) is 14.5 Å². The maximum absolute atomic E-state index is 13.0. The highest BCUT2D eigenvalue weighted by Crippen LogP contribution is 2.35. The molecule has 1 saturated heterocycles. The molecular weight excluding hydrogens is 545 g/mol. The van der Waals surface area contributed by atoms with Gasteiger partial charge in [0.25, 0.3) is 11.1 Å². The van der Waals surface area contributed by atoms with E-state index in [4.69, 9.17) is 37.4 Å². The molecular formula is C29H27Cl2NO5S. The summed E-state index contributed by atoms with van der Waals surface area (Å²) in [4.78, 5) is 27.1. The van der Waals surface area contributed by atoms with Gasteiger partial charge in [0.05, 0.1) is 28.1 Å². The van der Waals surface area contributed by atoms with E-state index in [0.29, 0.717) is 38.6 Å². The number of halogens is 2. The van der Waals surface area contributed by atoms with E-state index in [9.17, 15) is 9.59 Å². The molecule has 0 radical (unpaired) electrons. The maximum atomic E-state index is 13.0. The Bertz CT molecular complexity index is 1390. The number of benzene rings is 3. The van der Waals surface area contributed by atoms with Crippen molar-refractivity contribution in [2.24, 2.45) is 0 Å². The van der Waals surface area contributed by atoms with Crippen molar-refractivity contribution in [3.8, 4) is 17.2 Å². The zero-order valence-electron chi connectivity index (χ0n) is 21.3. The second kappa shape index (κ2) is 12.6. The first-order valence-electron chi connectivity index (χ1n) is 12.0. The Labute approximate surface area is 236 Å². The lowest BCUT2D eigenvalue weighted by Gasteiger charge is -2.15. The molecule has 0 aromatic heterocycles. The van der Waals surface area contributed by atoms with E-state index < -0.39 is 0 Å². The lowest BCUT2D eigenvalue weighted by molar-refractivity contribution is -0.123. The fourth-order valence-electron chi connectivity index (χ4n) is 3.75. The molecule has 1 fully saturated rings. The molecule has 0 atom stereocenters. The van der Waals surface area contributed by atoms with Gasteiger partial charge < -0.3 is 14.2 Å². The van der Waals surface area contributed by atoms with Crippen LogP contribution < -0.4 is 14.2 Å². The van der Waals surface area contributed by atoms with Crippen molar-refractivity contribution in [1.29, 1.82) is 0 Å². The normalized spacial score (nSPS) is 14.3. The minimum Gasteiger partial charge on any atom is -0.491 e. The molecule has 38 heavy (non-hydrogen) atoms. The van der Waals surface area contributed by atoms with Gasteiger partial charge in [-0.15, -0.1) is 0 Å². The van der Waals surface area contributed by atoms with Gasteiger partial charge in [0.2, 0.25) is 0 Å². The number of imide groups is 1. The zero-order valence-corrected chi connectivity index (χ0v) is 23.6. The summed E-state index contributed by atoms with van der Waals surface area (Å²) in [6, 6.07) is 16.6. The summed E-state index contributed by atoms with van der Waals surface area (Å²) in [5, 5.41) is 0.615. The molecule has 2 amide bonds. The van der Waals surface area contributed by atoms with Crippen molar-refractivity contribution in [3.05, 3.63) is 91.8 Å². The Kier molecular flexibility index (Phi) is 9.26. The van der Waals surface area contributed by atoms with E-state index in [1.165, 1.54) is 4.90 Å². The van der Waals surface area contributed by atoms with Gasteiger partial charge in [0.1, 0.15) is 19.0 Å². The van der Waals surface area contributed by atoms with Crippen molar-refractivity contribution in [3.63, 3.8) is 0 Å². The second-order valence-electron chi connectivity index (χ2n) is 8.63. The van der Waals surface area contributed by atoms with Crippen LogP contribution in [-0.4, -0.2) is 35.8 Å². The van der Waals surface area contributed by atoms with Crippen molar-refractivity contribution < 1.29 is 23.8 Å². The molecule has 0 spiro atoms. The van der Waals surface area contributed by atoms with Crippen molar-refractivity contribution in [2.45, 2.75) is 27.4 Å². The summed E-state index contributed by atoms with van der Waals surface area (Å²) in [5.41, 5.74) is 3.66. The first-order valence-corrected chi connectivity index (χ1v) is 13.6. The summed E-state index contributed by atoms with van der Waals surface area (Å²) in [5.74, 6) is 1.48. The van der Waals surface area contributed by atoms with Crippen LogP contribution in [0.4, 0.5) is 4.79 Å². The summed E-state index contributed by atoms with van der Waals surface area (Å²) >= 11 is 13.0. The SMILES string of the molecule is CCOc1cc(/C=C2\SC(=O)N(CCOc3cc(C)ccc3C)C2=O)ccc1OCc1ccc(Cl)c(Cl)c1. The third-order valence-electron chi connectivity index (χ3n) is 5.73. The predicted molar refractivity (Wildman–Crippen MR) is 152 cm³/mol. The average molecular weight is 573 g/mol. The molecule has 0 aliphatic carbocycles. The lowest BCUT2D eigenvalue weighted by atomic mass is 10.1. The van der Waals surface area contributed by atoms with Crippen LogP contribution in [0.2, 0.25) is 10.0 Å². The third-order valence-corrected chi connectivity index (χ3v) is 7.38. The Morgan fingerprint density at radius 1 is 0.868 bits per heavy atom. The van der Waals surface area contributed by atoms with E-state index in [1.807, 2.05) is 51.1 Å². The molecule has 6 nitrogen and oxygen atoms in total. The largest absolute Gasteiger partial charge is 0.491 e.